The molecule has 2 aromatic carbocycles. The lowest BCUT2D eigenvalue weighted by atomic mass is 9.82. The van der Waals surface area contributed by atoms with Crippen LogP contribution in [-0.4, -0.2) is 93.9 Å². The van der Waals surface area contributed by atoms with E-state index in [9.17, 15) is 39.9 Å². The number of anilines is 2. The van der Waals surface area contributed by atoms with Crippen molar-refractivity contribution in [3.05, 3.63) is 58.6 Å². The van der Waals surface area contributed by atoms with E-state index >= 15 is 0 Å². The number of carbonyl (C=O) groups excluding carboxylic acids is 2. The fourth-order valence-electron chi connectivity index (χ4n) is 6.77. The van der Waals surface area contributed by atoms with E-state index in [1.54, 1.807) is 47.4 Å². The molecular formula is C29H37ClN2O10Si. The van der Waals surface area contributed by atoms with Crippen LogP contribution in [0.3, 0.4) is 0 Å². The summed E-state index contributed by atoms with van der Waals surface area (Å²) in [7, 11) is -2.83. The van der Waals surface area contributed by atoms with Crippen LogP contribution < -0.4 is 10.2 Å². The summed E-state index contributed by atoms with van der Waals surface area (Å²) in [4.78, 5) is 39.8. The Bertz CT molecular complexity index is 1370. The summed E-state index contributed by atoms with van der Waals surface area (Å²) in [6.45, 7) is 5.54. The molecule has 0 saturated carbocycles. The van der Waals surface area contributed by atoms with Crippen LogP contribution >= 0.6 is 11.6 Å². The highest BCUT2D eigenvalue weighted by molar-refractivity contribution is 6.71. The van der Waals surface area contributed by atoms with Gasteiger partial charge < -0.3 is 50.0 Å². The number of nitrogens with zero attached hydrogens (tertiary/aromatic N) is 1. The molecule has 3 heterocycles. The third kappa shape index (κ3) is 5.52. The van der Waals surface area contributed by atoms with E-state index in [2.05, 4.69) is 5.32 Å². The van der Waals surface area contributed by atoms with Gasteiger partial charge in [-0.15, -0.1) is 0 Å². The summed E-state index contributed by atoms with van der Waals surface area (Å²) in [6.07, 6.45) is -8.97. The first kappa shape index (κ1) is 32.0. The number of halogens is 1. The average Bonchev–Trinajstić information content (AvgIpc) is 3.37. The predicted octanol–water partition coefficient (Wildman–Crippen LogP) is 0.805. The van der Waals surface area contributed by atoms with E-state index in [4.69, 9.17) is 21.1 Å². The number of ether oxygens (including phenoxy) is 2. The Labute approximate surface area is 254 Å². The van der Waals surface area contributed by atoms with E-state index in [1.165, 1.54) is 0 Å². The van der Waals surface area contributed by atoms with Crippen molar-refractivity contribution in [2.45, 2.75) is 80.9 Å². The number of amides is 2. The third-order valence-electron chi connectivity index (χ3n) is 8.77. The SMILES string of the molecule is C[C@H]1[C@H]([Si](C)(C)O)[C@@H](CCO)O[C@]12C(=O)N(Cc1ccc(NC(=O)[C@H]3O[C@@H](O)[C@H](O)[C@@H](O)[C@@H]3O)cc1)c1ccc(Cl)cc12. The molecule has 0 aliphatic carbocycles. The molecule has 2 aromatic rings. The highest BCUT2D eigenvalue weighted by Gasteiger charge is 2.66. The van der Waals surface area contributed by atoms with Crippen molar-refractivity contribution < 1.29 is 49.4 Å². The topological polar surface area (TPSA) is 189 Å². The predicted molar refractivity (Wildman–Crippen MR) is 157 cm³/mol. The van der Waals surface area contributed by atoms with Gasteiger partial charge >= 0.3 is 0 Å². The minimum absolute atomic E-state index is 0.146. The van der Waals surface area contributed by atoms with Crippen molar-refractivity contribution in [2.75, 3.05) is 16.8 Å². The summed E-state index contributed by atoms with van der Waals surface area (Å²) in [5, 5.41) is 52.1. The molecule has 2 fully saturated rings. The normalized spacial score (nSPS) is 34.1. The van der Waals surface area contributed by atoms with E-state index in [0.29, 0.717) is 22.0 Å². The smallest absolute Gasteiger partial charge is 0.264 e. The van der Waals surface area contributed by atoms with E-state index in [-0.39, 0.29) is 31.0 Å². The fourth-order valence-corrected chi connectivity index (χ4v) is 9.55. The van der Waals surface area contributed by atoms with Gasteiger partial charge in [0.25, 0.3) is 11.8 Å². The number of rotatable bonds is 7. The Morgan fingerprint density at radius 1 is 1.07 bits per heavy atom. The van der Waals surface area contributed by atoms with Crippen molar-refractivity contribution in [3.8, 4) is 0 Å². The Kier molecular flexibility index (Phi) is 8.79. The lowest BCUT2D eigenvalue weighted by Crippen LogP contribution is -2.60. The molecule has 43 heavy (non-hydrogen) atoms. The quantitative estimate of drug-likeness (QED) is 0.214. The highest BCUT2D eigenvalue weighted by atomic mass is 35.5. The van der Waals surface area contributed by atoms with Crippen LogP contribution in [0.2, 0.25) is 23.7 Å². The molecule has 0 radical (unpaired) electrons. The Hall–Kier alpha value is -2.43. The Morgan fingerprint density at radius 3 is 2.37 bits per heavy atom. The molecule has 3 aliphatic heterocycles. The second kappa shape index (κ2) is 11.8. The Morgan fingerprint density at radius 2 is 1.74 bits per heavy atom. The van der Waals surface area contributed by atoms with Gasteiger partial charge in [0.1, 0.15) is 18.3 Å². The minimum Gasteiger partial charge on any atom is -0.432 e. The van der Waals surface area contributed by atoms with E-state index < -0.39 is 62.6 Å². The molecule has 9 atom stereocenters. The maximum atomic E-state index is 14.3. The summed E-state index contributed by atoms with van der Waals surface area (Å²) in [6, 6.07) is 11.8. The number of nitrogens with one attached hydrogen (secondary N) is 1. The molecule has 5 rings (SSSR count). The zero-order chi connectivity index (χ0) is 31.4. The van der Waals surface area contributed by atoms with E-state index in [1.807, 2.05) is 20.0 Å². The first-order valence-electron chi connectivity index (χ1n) is 14.1. The summed E-state index contributed by atoms with van der Waals surface area (Å²) < 4.78 is 11.5. The highest BCUT2D eigenvalue weighted by Crippen LogP contribution is 2.60. The number of aliphatic hydroxyl groups is 5. The maximum Gasteiger partial charge on any atom is 0.264 e. The molecule has 7 N–H and O–H groups in total. The standard InChI is InChI=1S/C29H37ClN2O10Si/c1-14-25(43(2,3)40)20(10-11-33)42-29(14)18-12-16(30)6-9-19(18)32(28(29)39)13-15-4-7-17(8-5-15)31-26(37)24-22(35)21(34)23(36)27(38)41-24/h4-9,12,14,20-25,27,33-36,38,40H,10-11,13H2,1-3H3,(H,31,37)/t14-,20+,21-,22-,23+,24-,25-,27+,29+/m0/s1. The van der Waals surface area contributed by atoms with Gasteiger partial charge in [0.2, 0.25) is 0 Å². The molecule has 1 spiro atoms. The number of hydrogen-bond donors (Lipinski definition) is 7. The van der Waals surface area contributed by atoms with Crippen molar-refractivity contribution in [1.82, 2.24) is 0 Å². The Balaban J connectivity index is 1.38. The van der Waals surface area contributed by atoms with Crippen molar-refractivity contribution in [2.24, 2.45) is 5.92 Å². The summed E-state index contributed by atoms with van der Waals surface area (Å²) in [5.74, 6) is -1.51. The van der Waals surface area contributed by atoms with Crippen LogP contribution in [0, 0.1) is 5.92 Å². The van der Waals surface area contributed by atoms with Gasteiger partial charge in [0.05, 0.1) is 18.3 Å². The molecule has 0 unspecified atom stereocenters. The van der Waals surface area contributed by atoms with E-state index in [0.717, 1.165) is 5.56 Å². The van der Waals surface area contributed by atoms with Crippen molar-refractivity contribution >= 4 is 43.1 Å². The first-order valence-corrected chi connectivity index (χ1v) is 17.5. The maximum absolute atomic E-state index is 14.3. The second-order valence-corrected chi connectivity index (χ2v) is 16.4. The lowest BCUT2D eigenvalue weighted by molar-refractivity contribution is -0.274. The van der Waals surface area contributed by atoms with Crippen LogP contribution in [0.15, 0.2) is 42.5 Å². The molecule has 2 amide bonds. The molecular weight excluding hydrogens is 600 g/mol. The van der Waals surface area contributed by atoms with Crippen molar-refractivity contribution in [3.63, 3.8) is 0 Å². The van der Waals surface area contributed by atoms with Gasteiger partial charge in [-0.1, -0.05) is 30.7 Å². The molecule has 12 nitrogen and oxygen atoms in total. The first-order chi connectivity index (χ1) is 20.2. The average molecular weight is 637 g/mol. The molecule has 0 bridgehead atoms. The van der Waals surface area contributed by atoms with Gasteiger partial charge in [0, 0.05) is 34.3 Å². The van der Waals surface area contributed by atoms with Crippen molar-refractivity contribution in [1.29, 1.82) is 0 Å². The van der Waals surface area contributed by atoms with Crippen LogP contribution in [0.4, 0.5) is 11.4 Å². The van der Waals surface area contributed by atoms with Gasteiger partial charge in [-0.2, -0.15) is 0 Å². The third-order valence-corrected chi connectivity index (χ3v) is 11.5. The zero-order valence-electron chi connectivity index (χ0n) is 23.9. The fraction of sp³-hybridized carbons (Fsp3) is 0.517. The number of benzene rings is 2. The molecule has 3 aliphatic rings. The largest absolute Gasteiger partial charge is 0.432 e. The van der Waals surface area contributed by atoms with Gasteiger partial charge in [-0.3, -0.25) is 9.59 Å². The second-order valence-electron chi connectivity index (χ2n) is 12.0. The molecule has 2 saturated heterocycles. The van der Waals surface area contributed by atoms with Crippen LogP contribution in [0.5, 0.6) is 0 Å². The number of carbonyl (C=O) groups is 2. The minimum atomic E-state index is -2.83. The molecule has 0 aromatic heterocycles. The lowest BCUT2D eigenvalue weighted by Gasteiger charge is -2.37. The number of fused-ring (bicyclic) bond motifs is 2. The van der Waals surface area contributed by atoms with Crippen LogP contribution in [0.25, 0.3) is 0 Å². The number of hydrogen-bond acceptors (Lipinski definition) is 10. The summed E-state index contributed by atoms with van der Waals surface area (Å²) >= 11 is 6.39. The summed E-state index contributed by atoms with van der Waals surface area (Å²) in [5.41, 5.74) is 0.602. The monoisotopic (exact) mass is 636 g/mol. The number of aliphatic hydroxyl groups excluding tert-OH is 5. The van der Waals surface area contributed by atoms with Gasteiger partial charge in [-0.05, 0) is 55.4 Å². The molecule has 14 heteroatoms. The van der Waals surface area contributed by atoms with Gasteiger partial charge in [0.15, 0.2) is 26.3 Å². The molecule has 234 valence electrons. The van der Waals surface area contributed by atoms with Crippen LogP contribution in [0.1, 0.15) is 24.5 Å². The zero-order valence-corrected chi connectivity index (χ0v) is 25.7. The van der Waals surface area contributed by atoms with Crippen LogP contribution in [-0.2, 0) is 31.2 Å². The van der Waals surface area contributed by atoms with Gasteiger partial charge in [-0.25, -0.2) is 0 Å².